The number of benzene rings is 2. The van der Waals surface area contributed by atoms with E-state index in [1.807, 2.05) is 36.4 Å². The van der Waals surface area contributed by atoms with E-state index in [4.69, 9.17) is 37.9 Å². The van der Waals surface area contributed by atoms with Crippen molar-refractivity contribution in [1.82, 2.24) is 41.2 Å². The summed E-state index contributed by atoms with van der Waals surface area (Å²) in [6, 6.07) is 11.7. The molecule has 2 saturated heterocycles. The maximum atomic E-state index is 11.5. The molecule has 6 rings (SSSR count). The number of amides is 2. The molecule has 2 aliphatic heterocycles. The number of hydrogen-bond donors (Lipinski definition) is 5. The van der Waals surface area contributed by atoms with Gasteiger partial charge in [-0.3, -0.25) is 19.6 Å². The molecule has 2 amide bonds. The van der Waals surface area contributed by atoms with Crippen molar-refractivity contribution in [3.8, 4) is 39.5 Å². The van der Waals surface area contributed by atoms with Crippen LogP contribution in [0.2, 0.25) is 10.0 Å². The van der Waals surface area contributed by atoms with Gasteiger partial charge in [-0.2, -0.15) is 0 Å². The maximum Gasteiger partial charge on any atom is 0.237 e. The van der Waals surface area contributed by atoms with Crippen LogP contribution in [0.25, 0.3) is 33.6 Å². The van der Waals surface area contributed by atoms with Crippen LogP contribution in [0.15, 0.2) is 48.8 Å². The van der Waals surface area contributed by atoms with Crippen LogP contribution >= 0.6 is 23.2 Å². The molecule has 12 nitrogen and oxygen atoms in total. The van der Waals surface area contributed by atoms with Gasteiger partial charge in [0, 0.05) is 80.4 Å². The molecule has 5 N–H and O–H groups in total. The summed E-state index contributed by atoms with van der Waals surface area (Å²) in [5, 5.41) is 16.7. The van der Waals surface area contributed by atoms with E-state index in [0.29, 0.717) is 89.0 Å². The summed E-state index contributed by atoms with van der Waals surface area (Å²) < 4.78 is 5.58. The van der Waals surface area contributed by atoms with E-state index in [2.05, 4.69) is 36.6 Å². The molecule has 0 unspecified atom stereocenters. The Morgan fingerprint density at radius 2 is 1.27 bits per heavy atom. The first-order chi connectivity index (χ1) is 23.3. The number of rotatable bonds is 13. The highest BCUT2D eigenvalue weighted by Crippen LogP contribution is 2.42. The summed E-state index contributed by atoms with van der Waals surface area (Å²) >= 11 is 14.1. The van der Waals surface area contributed by atoms with Crippen molar-refractivity contribution in [2.75, 3.05) is 32.6 Å². The summed E-state index contributed by atoms with van der Waals surface area (Å²) in [6.07, 6.45) is 6.15. The average molecular weight is 691 g/mol. The van der Waals surface area contributed by atoms with Gasteiger partial charge in [-0.05, 0) is 12.8 Å². The Kier molecular flexibility index (Phi) is 10.7. The van der Waals surface area contributed by atoms with Gasteiger partial charge in [-0.15, -0.1) is 0 Å². The number of ether oxygens (including phenoxy) is 1. The minimum absolute atomic E-state index is 0.0824. The molecule has 14 heteroatoms. The first-order valence-electron chi connectivity index (χ1n) is 15.9. The Bertz CT molecular complexity index is 1690. The van der Waals surface area contributed by atoms with Crippen LogP contribution in [0.4, 0.5) is 5.82 Å². The van der Waals surface area contributed by atoms with E-state index in [-0.39, 0.29) is 23.9 Å². The number of anilines is 1. The molecule has 2 aliphatic rings. The van der Waals surface area contributed by atoms with E-state index >= 15 is 0 Å². The fourth-order valence-electron chi connectivity index (χ4n) is 5.95. The summed E-state index contributed by atoms with van der Waals surface area (Å²) in [5.74, 6) is 1.20. The van der Waals surface area contributed by atoms with Crippen molar-refractivity contribution < 1.29 is 14.3 Å². The molecule has 0 bridgehead atoms. The molecule has 0 spiro atoms. The number of nitrogens with one attached hydrogen (secondary N) is 5. The van der Waals surface area contributed by atoms with E-state index in [0.717, 1.165) is 29.7 Å². The molecule has 0 saturated carbocycles. The summed E-state index contributed by atoms with van der Waals surface area (Å²) in [6.45, 7) is 2.23. The molecule has 0 aliphatic carbocycles. The van der Waals surface area contributed by atoms with Crippen molar-refractivity contribution in [3.63, 3.8) is 0 Å². The van der Waals surface area contributed by atoms with Crippen LogP contribution in [-0.2, 0) is 22.7 Å². The molecule has 2 aromatic heterocycles. The third kappa shape index (κ3) is 7.52. The second kappa shape index (κ2) is 15.2. The molecular weight excluding hydrogens is 653 g/mol. The van der Waals surface area contributed by atoms with Crippen LogP contribution in [0.1, 0.15) is 37.1 Å². The monoisotopic (exact) mass is 689 g/mol. The Hall–Kier alpha value is -4.36. The Labute approximate surface area is 288 Å². The summed E-state index contributed by atoms with van der Waals surface area (Å²) in [7, 11) is 3.36. The quantitative estimate of drug-likeness (QED) is 0.137. The first-order valence-corrected chi connectivity index (χ1v) is 16.6. The predicted molar refractivity (Wildman–Crippen MR) is 186 cm³/mol. The van der Waals surface area contributed by atoms with Gasteiger partial charge in [0.1, 0.15) is 11.5 Å². The van der Waals surface area contributed by atoms with Crippen LogP contribution < -0.4 is 31.3 Å². The van der Waals surface area contributed by atoms with Crippen molar-refractivity contribution in [2.24, 2.45) is 0 Å². The lowest BCUT2D eigenvalue weighted by Crippen LogP contribution is -2.35. The van der Waals surface area contributed by atoms with E-state index in [1.54, 1.807) is 26.6 Å². The summed E-state index contributed by atoms with van der Waals surface area (Å²) in [5.41, 5.74) is 5.44. The highest BCUT2D eigenvalue weighted by molar-refractivity contribution is 6.39. The van der Waals surface area contributed by atoms with Crippen LogP contribution in [0.3, 0.4) is 0 Å². The normalized spacial score (nSPS) is 17.3. The number of halogens is 2. The van der Waals surface area contributed by atoms with Crippen LogP contribution in [-0.4, -0.2) is 71.1 Å². The number of nitrogens with zero attached hydrogens (tertiary/aromatic N) is 4. The number of aromatic nitrogens is 4. The molecule has 48 heavy (non-hydrogen) atoms. The van der Waals surface area contributed by atoms with Crippen molar-refractivity contribution in [3.05, 3.63) is 70.2 Å². The second-order valence-corrected chi connectivity index (χ2v) is 12.5. The van der Waals surface area contributed by atoms with Crippen molar-refractivity contribution >= 4 is 40.8 Å². The number of carbonyl (C=O) groups is 2. The van der Waals surface area contributed by atoms with Crippen LogP contribution in [0, 0.1) is 0 Å². The SMILES string of the molecule is CNc1nc(-c2cccc(-c3cccc(-c4cnc(CNC[C@@H]5CCC(=O)N5)c(OC)n4)c3Cl)c2Cl)cnc1CNC[C@@H]1CCC(=O)N1. The molecule has 0 radical (unpaired) electrons. The predicted octanol–water partition coefficient (Wildman–Crippen LogP) is 4.36. The lowest BCUT2D eigenvalue weighted by molar-refractivity contribution is -0.120. The van der Waals surface area contributed by atoms with Gasteiger partial charge in [0.05, 0.1) is 46.6 Å². The molecule has 4 aromatic rings. The smallest absolute Gasteiger partial charge is 0.237 e. The molecule has 4 heterocycles. The number of carbonyl (C=O) groups excluding carboxylic acids is 2. The zero-order valence-electron chi connectivity index (χ0n) is 26.7. The fourth-order valence-corrected chi connectivity index (χ4v) is 6.60. The second-order valence-electron chi connectivity index (χ2n) is 11.7. The van der Waals surface area contributed by atoms with E-state index < -0.39 is 0 Å². The zero-order chi connectivity index (χ0) is 33.6. The Morgan fingerprint density at radius 1 is 0.771 bits per heavy atom. The Balaban J connectivity index is 1.20. The van der Waals surface area contributed by atoms with Gasteiger partial charge in [0.25, 0.3) is 0 Å². The molecule has 250 valence electrons. The third-order valence-corrected chi connectivity index (χ3v) is 9.28. The third-order valence-electron chi connectivity index (χ3n) is 8.47. The minimum atomic E-state index is 0.0824. The van der Waals surface area contributed by atoms with Gasteiger partial charge >= 0.3 is 0 Å². The van der Waals surface area contributed by atoms with Gasteiger partial charge in [0.2, 0.25) is 17.7 Å². The highest BCUT2D eigenvalue weighted by Gasteiger charge is 2.22. The average Bonchev–Trinajstić information content (AvgIpc) is 3.72. The number of hydrogen-bond acceptors (Lipinski definition) is 10. The van der Waals surface area contributed by atoms with E-state index in [9.17, 15) is 9.59 Å². The van der Waals surface area contributed by atoms with Crippen molar-refractivity contribution in [1.29, 1.82) is 0 Å². The van der Waals surface area contributed by atoms with Gasteiger partial charge in [-0.1, -0.05) is 59.6 Å². The lowest BCUT2D eigenvalue weighted by atomic mass is 9.98. The Morgan fingerprint density at radius 3 is 1.77 bits per heavy atom. The zero-order valence-corrected chi connectivity index (χ0v) is 28.2. The van der Waals surface area contributed by atoms with Crippen LogP contribution in [0.5, 0.6) is 5.88 Å². The van der Waals surface area contributed by atoms with E-state index in [1.165, 1.54) is 0 Å². The van der Waals surface area contributed by atoms with Gasteiger partial charge in [0.15, 0.2) is 0 Å². The largest absolute Gasteiger partial charge is 0.480 e. The van der Waals surface area contributed by atoms with Gasteiger partial charge in [-0.25, -0.2) is 9.97 Å². The fraction of sp³-hybridized carbons (Fsp3) is 0.353. The molecular formula is C34H37Cl2N9O3. The minimum Gasteiger partial charge on any atom is -0.480 e. The standard InChI is InChI=1S/C34H37Cl2N9O3/c1-37-33-27(15-38-13-19-9-11-29(46)42-19)40-17-25(44-33)23-7-3-5-21(31(23)35)22-6-4-8-24(32(22)36)26-18-41-28(34(45-26)48-2)16-39-14-20-10-12-30(47)43-20/h3-8,17-20,38-39H,9-16H2,1-2H3,(H,37,44)(H,42,46)(H,43,47)/t19-,20-/m0/s1. The molecule has 2 aromatic carbocycles. The molecule has 2 fully saturated rings. The maximum absolute atomic E-state index is 11.5. The van der Waals surface area contributed by atoms with Gasteiger partial charge < -0.3 is 31.3 Å². The van der Waals surface area contributed by atoms with Crippen molar-refractivity contribution in [2.45, 2.75) is 50.9 Å². The lowest BCUT2D eigenvalue weighted by Gasteiger charge is -2.16. The first kappa shape index (κ1) is 33.5. The highest BCUT2D eigenvalue weighted by atomic mass is 35.5. The topological polar surface area (TPSA) is 155 Å². The summed E-state index contributed by atoms with van der Waals surface area (Å²) in [4.78, 5) is 41.8. The number of methoxy groups -OCH3 is 1. The molecule has 2 atom stereocenters.